The number of imide groups is 1. The van der Waals surface area contributed by atoms with Crippen molar-refractivity contribution in [1.82, 2.24) is 19.7 Å². The smallest absolute Gasteiger partial charge is 0.420 e. The van der Waals surface area contributed by atoms with E-state index in [4.69, 9.17) is 4.74 Å². The summed E-state index contributed by atoms with van der Waals surface area (Å²) in [5.74, 6) is 0.234. The number of amides is 2. The van der Waals surface area contributed by atoms with Crippen LogP contribution in [0.15, 0.2) is 42.6 Å². The van der Waals surface area contributed by atoms with Crippen LogP contribution in [-0.2, 0) is 16.8 Å². The van der Waals surface area contributed by atoms with E-state index >= 15 is 0 Å². The Morgan fingerprint density at radius 2 is 1.97 bits per heavy atom. The third-order valence-corrected chi connectivity index (χ3v) is 4.94. The standard InChI is InChI=1S/C20H19N5O4/c1-20(2)13-10-21-16(22-17(13)25(18(20)26)19(27)28)14-9-15(29-3)24(23-14)11-12-7-5-4-6-8-12/h4-10H,11H2,1-3H3,(H,27,28). The van der Waals surface area contributed by atoms with E-state index in [1.165, 1.54) is 6.20 Å². The monoisotopic (exact) mass is 393 g/mol. The number of carbonyl (C=O) groups excluding carboxylic acids is 1. The number of anilines is 1. The summed E-state index contributed by atoms with van der Waals surface area (Å²) < 4.78 is 7.08. The summed E-state index contributed by atoms with van der Waals surface area (Å²) in [5, 5.41) is 14.0. The van der Waals surface area contributed by atoms with Crippen LogP contribution in [0.3, 0.4) is 0 Å². The Balaban J connectivity index is 1.75. The Morgan fingerprint density at radius 1 is 1.24 bits per heavy atom. The highest BCUT2D eigenvalue weighted by Crippen LogP contribution is 2.40. The van der Waals surface area contributed by atoms with Crippen LogP contribution in [-0.4, -0.2) is 44.0 Å². The molecule has 2 amide bonds. The first-order valence-electron chi connectivity index (χ1n) is 8.94. The summed E-state index contributed by atoms with van der Waals surface area (Å²) in [6, 6.07) is 11.4. The number of carboxylic acid groups (broad SMARTS) is 1. The summed E-state index contributed by atoms with van der Waals surface area (Å²) in [6.07, 6.45) is 0.111. The molecule has 1 N–H and O–H groups in total. The van der Waals surface area contributed by atoms with Crippen molar-refractivity contribution >= 4 is 17.8 Å². The quantitative estimate of drug-likeness (QED) is 0.725. The molecule has 1 aliphatic heterocycles. The topological polar surface area (TPSA) is 110 Å². The average Bonchev–Trinajstić information content (AvgIpc) is 3.19. The predicted molar refractivity (Wildman–Crippen MR) is 104 cm³/mol. The van der Waals surface area contributed by atoms with Crippen LogP contribution < -0.4 is 9.64 Å². The number of hydrogen-bond donors (Lipinski definition) is 1. The van der Waals surface area contributed by atoms with Crippen molar-refractivity contribution in [3.05, 3.63) is 53.7 Å². The largest absolute Gasteiger partial charge is 0.481 e. The molecular weight excluding hydrogens is 374 g/mol. The van der Waals surface area contributed by atoms with Crippen LogP contribution in [0.25, 0.3) is 11.5 Å². The number of carbonyl (C=O) groups is 2. The minimum Gasteiger partial charge on any atom is -0.481 e. The van der Waals surface area contributed by atoms with Crippen LogP contribution >= 0.6 is 0 Å². The number of aromatic nitrogens is 4. The molecule has 9 heteroatoms. The lowest BCUT2D eigenvalue weighted by atomic mass is 9.88. The lowest BCUT2D eigenvalue weighted by Crippen LogP contribution is -2.39. The third-order valence-electron chi connectivity index (χ3n) is 4.94. The fraction of sp³-hybridized carbons (Fsp3) is 0.250. The van der Waals surface area contributed by atoms with Crippen LogP contribution in [0.4, 0.5) is 10.6 Å². The highest BCUT2D eigenvalue weighted by Gasteiger charge is 2.48. The Hall–Kier alpha value is -3.75. The third kappa shape index (κ3) is 3.00. The molecule has 0 atom stereocenters. The van der Waals surface area contributed by atoms with Gasteiger partial charge in [-0.2, -0.15) is 10.00 Å². The fourth-order valence-electron chi connectivity index (χ4n) is 3.32. The molecule has 0 radical (unpaired) electrons. The Kier molecular flexibility index (Phi) is 4.30. The van der Waals surface area contributed by atoms with Crippen LogP contribution in [0.5, 0.6) is 5.88 Å². The summed E-state index contributed by atoms with van der Waals surface area (Å²) in [5.41, 5.74) is 0.906. The second-order valence-corrected chi connectivity index (χ2v) is 7.19. The van der Waals surface area contributed by atoms with Crippen molar-refractivity contribution in [3.63, 3.8) is 0 Å². The van der Waals surface area contributed by atoms with Crippen LogP contribution in [0, 0.1) is 0 Å². The fourth-order valence-corrected chi connectivity index (χ4v) is 3.32. The Morgan fingerprint density at radius 3 is 2.62 bits per heavy atom. The highest BCUT2D eigenvalue weighted by molar-refractivity contribution is 6.19. The molecule has 0 saturated heterocycles. The normalized spacial score (nSPS) is 14.7. The molecule has 0 aliphatic carbocycles. The molecule has 1 aromatic carbocycles. The number of nitrogens with zero attached hydrogens (tertiary/aromatic N) is 5. The van der Waals surface area contributed by atoms with Gasteiger partial charge in [-0.05, 0) is 19.4 Å². The summed E-state index contributed by atoms with van der Waals surface area (Å²) in [7, 11) is 1.54. The van der Waals surface area contributed by atoms with Gasteiger partial charge in [-0.1, -0.05) is 30.3 Å². The van der Waals surface area contributed by atoms with Gasteiger partial charge in [-0.15, -0.1) is 0 Å². The maximum Gasteiger partial charge on any atom is 0.420 e. The number of ether oxygens (including phenoxy) is 1. The highest BCUT2D eigenvalue weighted by atomic mass is 16.5. The van der Waals surface area contributed by atoms with Gasteiger partial charge in [0.1, 0.15) is 5.69 Å². The van der Waals surface area contributed by atoms with Crippen molar-refractivity contribution < 1.29 is 19.4 Å². The maximum absolute atomic E-state index is 12.5. The number of methoxy groups -OCH3 is 1. The van der Waals surface area contributed by atoms with E-state index in [9.17, 15) is 14.7 Å². The van der Waals surface area contributed by atoms with Crippen molar-refractivity contribution in [2.45, 2.75) is 25.8 Å². The molecule has 0 saturated carbocycles. The van der Waals surface area contributed by atoms with Crippen LogP contribution in [0.1, 0.15) is 25.0 Å². The SMILES string of the molecule is COc1cc(-c2ncc3c(n2)N(C(=O)O)C(=O)C3(C)C)nn1Cc1ccccc1. The van der Waals surface area contributed by atoms with E-state index in [0.29, 0.717) is 28.6 Å². The molecular formula is C20H19N5O4. The molecule has 0 unspecified atom stereocenters. The summed E-state index contributed by atoms with van der Waals surface area (Å²) >= 11 is 0. The van der Waals surface area contributed by atoms with Gasteiger partial charge in [0, 0.05) is 17.8 Å². The first-order chi connectivity index (χ1) is 13.8. The Labute approximate surface area is 166 Å². The first kappa shape index (κ1) is 18.6. The number of hydrogen-bond acceptors (Lipinski definition) is 6. The zero-order chi connectivity index (χ0) is 20.8. The molecule has 0 bridgehead atoms. The first-order valence-corrected chi connectivity index (χ1v) is 8.94. The molecule has 29 heavy (non-hydrogen) atoms. The molecule has 148 valence electrons. The van der Waals surface area contributed by atoms with Crippen LogP contribution in [0.2, 0.25) is 0 Å². The van der Waals surface area contributed by atoms with E-state index in [0.717, 1.165) is 5.56 Å². The number of rotatable bonds is 4. The van der Waals surface area contributed by atoms with Gasteiger partial charge in [-0.3, -0.25) is 4.79 Å². The van der Waals surface area contributed by atoms with Gasteiger partial charge in [-0.25, -0.2) is 19.4 Å². The summed E-state index contributed by atoms with van der Waals surface area (Å²) in [6.45, 7) is 3.79. The second kappa shape index (κ2) is 6.69. The van der Waals surface area contributed by atoms with Gasteiger partial charge < -0.3 is 9.84 Å². The molecule has 0 spiro atoms. The molecule has 2 aromatic heterocycles. The van der Waals surface area contributed by atoms with E-state index < -0.39 is 17.4 Å². The lowest BCUT2D eigenvalue weighted by Gasteiger charge is -2.15. The second-order valence-electron chi connectivity index (χ2n) is 7.19. The number of benzene rings is 1. The maximum atomic E-state index is 12.5. The zero-order valence-electron chi connectivity index (χ0n) is 16.2. The lowest BCUT2D eigenvalue weighted by molar-refractivity contribution is -0.121. The van der Waals surface area contributed by atoms with Gasteiger partial charge in [0.2, 0.25) is 11.8 Å². The van der Waals surface area contributed by atoms with E-state index in [2.05, 4.69) is 15.1 Å². The van der Waals surface area contributed by atoms with Gasteiger partial charge in [0.15, 0.2) is 11.6 Å². The van der Waals surface area contributed by atoms with E-state index in [1.807, 2.05) is 30.3 Å². The number of fused-ring (bicyclic) bond motifs is 1. The van der Waals surface area contributed by atoms with Crippen molar-refractivity contribution in [2.24, 2.45) is 0 Å². The van der Waals surface area contributed by atoms with Gasteiger partial charge in [0.25, 0.3) is 0 Å². The minimum atomic E-state index is -1.38. The van der Waals surface area contributed by atoms with E-state index in [1.54, 1.807) is 31.7 Å². The van der Waals surface area contributed by atoms with Crippen molar-refractivity contribution in [2.75, 3.05) is 12.0 Å². The predicted octanol–water partition coefficient (Wildman–Crippen LogP) is 2.70. The zero-order valence-corrected chi connectivity index (χ0v) is 16.2. The molecule has 3 aromatic rings. The molecule has 3 heterocycles. The molecule has 9 nitrogen and oxygen atoms in total. The van der Waals surface area contributed by atoms with Gasteiger partial charge in [0.05, 0.1) is 19.1 Å². The summed E-state index contributed by atoms with van der Waals surface area (Å²) in [4.78, 5) is 33.5. The van der Waals surface area contributed by atoms with Gasteiger partial charge >= 0.3 is 6.09 Å². The minimum absolute atomic E-state index is 0.0640. The van der Waals surface area contributed by atoms with E-state index in [-0.39, 0.29) is 11.6 Å². The van der Waals surface area contributed by atoms with Crippen molar-refractivity contribution in [1.29, 1.82) is 0 Å². The average molecular weight is 393 g/mol. The van der Waals surface area contributed by atoms with Crippen molar-refractivity contribution in [3.8, 4) is 17.4 Å². The molecule has 0 fully saturated rings. The Bertz CT molecular complexity index is 1110. The molecule has 4 rings (SSSR count). The molecule has 1 aliphatic rings.